The van der Waals surface area contributed by atoms with Crippen molar-refractivity contribution in [1.82, 2.24) is 30.1 Å². The van der Waals surface area contributed by atoms with E-state index < -0.39 is 23.9 Å². The summed E-state index contributed by atoms with van der Waals surface area (Å²) in [5.74, 6) is -3.38. The molecule has 0 unspecified atom stereocenters. The maximum absolute atomic E-state index is 13.2. The molecule has 0 spiro atoms. The van der Waals surface area contributed by atoms with Crippen LogP contribution in [0.5, 0.6) is 0 Å². The summed E-state index contributed by atoms with van der Waals surface area (Å²) < 4.78 is 12.4. The topological polar surface area (TPSA) is 201 Å². The standard InChI is InChI=1S/C27H25Cl2N5O5.C19H13Cl2NO4/c1-14(2)34-13-18(31-32-34)11-21(27(37)38)30-25(35)23-20(28)9-17-12-33(7-5-19(17)24(23)29)26(36)16-4-3-15-6-8-39-22(15)10-16;20-14-7-12-9-22(5-3-13(12)17(21)16(14)19(24)25)18(23)11-2-1-10-4-6-26-15(10)8-11/h3-4,6,8-10,13-14,21H,5,7,11-12H2,1-2H3,(H,30,35)(H,37,38);1-2,4,6-8H,3,5,9H2,(H,24,25)/t21-;/m0./s1. The number of halogens is 4. The quantitative estimate of drug-likeness (QED) is 0.125. The lowest BCUT2D eigenvalue weighted by Gasteiger charge is -2.30. The van der Waals surface area contributed by atoms with Crippen molar-refractivity contribution < 1.29 is 43.0 Å². The third kappa shape index (κ3) is 9.27. The predicted octanol–water partition coefficient (Wildman–Crippen LogP) is 9.17. The van der Waals surface area contributed by atoms with Gasteiger partial charge in [-0.1, -0.05) is 63.7 Å². The van der Waals surface area contributed by atoms with E-state index in [4.69, 9.17) is 55.2 Å². The maximum Gasteiger partial charge on any atom is 0.338 e. The average molecular weight is 961 g/mol. The van der Waals surface area contributed by atoms with E-state index in [-0.39, 0.29) is 62.0 Å². The Kier molecular flexibility index (Phi) is 12.9. The minimum absolute atomic E-state index is 0.00258. The van der Waals surface area contributed by atoms with Crippen molar-refractivity contribution >= 4 is 98.0 Å². The lowest BCUT2D eigenvalue weighted by molar-refractivity contribution is -0.139. The number of benzene rings is 4. The van der Waals surface area contributed by atoms with Crippen LogP contribution >= 0.6 is 46.4 Å². The highest BCUT2D eigenvalue weighted by molar-refractivity contribution is 6.41. The number of rotatable bonds is 9. The van der Waals surface area contributed by atoms with Crippen molar-refractivity contribution in [3.63, 3.8) is 0 Å². The number of aliphatic carboxylic acids is 1. The Hall–Kier alpha value is -6.39. The Bertz CT molecular complexity index is 3050. The van der Waals surface area contributed by atoms with Gasteiger partial charge >= 0.3 is 11.9 Å². The molecule has 7 aromatic rings. The minimum atomic E-state index is -1.27. The summed E-state index contributed by atoms with van der Waals surface area (Å²) in [6.07, 6.45) is 5.62. The van der Waals surface area contributed by atoms with Gasteiger partial charge in [0, 0.05) is 66.7 Å². The van der Waals surface area contributed by atoms with Crippen molar-refractivity contribution in [2.75, 3.05) is 13.1 Å². The maximum atomic E-state index is 13.2. The average Bonchev–Trinajstić information content (AvgIpc) is 4.07. The van der Waals surface area contributed by atoms with Crippen LogP contribution in [-0.4, -0.2) is 83.8 Å². The SMILES string of the molecule is CC(C)n1cc(C[C@H](NC(=O)c2c(Cl)cc3c(c2Cl)CCN(C(=O)c2ccc4ccoc4c2)C3)C(=O)O)nn1.O=C(O)c1c(Cl)cc2c(c1Cl)CCN(C(=O)c1ccc3ccoc3c1)C2. The first-order chi connectivity index (χ1) is 31.1. The van der Waals surface area contributed by atoms with Gasteiger partial charge in [0.05, 0.1) is 49.4 Å². The molecule has 4 aromatic carbocycles. The highest BCUT2D eigenvalue weighted by Gasteiger charge is 2.31. The summed E-state index contributed by atoms with van der Waals surface area (Å²) in [4.78, 5) is 65.8. The predicted molar refractivity (Wildman–Crippen MR) is 242 cm³/mol. The number of hydrogen-bond acceptors (Lipinski definition) is 9. The summed E-state index contributed by atoms with van der Waals surface area (Å²) in [5.41, 5.74) is 5.58. The second kappa shape index (κ2) is 18.6. The molecule has 334 valence electrons. The van der Waals surface area contributed by atoms with Crippen molar-refractivity contribution in [2.24, 2.45) is 0 Å². The summed E-state index contributed by atoms with van der Waals surface area (Å²) >= 11 is 25.5. The van der Waals surface area contributed by atoms with Crippen molar-refractivity contribution in [1.29, 1.82) is 0 Å². The number of aromatic carboxylic acids is 1. The Morgan fingerprint density at radius 1 is 0.723 bits per heavy atom. The molecular weight excluding hydrogens is 922 g/mol. The first-order valence-electron chi connectivity index (χ1n) is 20.3. The van der Waals surface area contributed by atoms with Gasteiger partial charge in [0.25, 0.3) is 17.7 Å². The fraction of sp³-hybridized carbons (Fsp3) is 0.239. The molecule has 5 heterocycles. The fourth-order valence-electron chi connectivity index (χ4n) is 7.89. The van der Waals surface area contributed by atoms with Gasteiger partial charge in [-0.15, -0.1) is 5.10 Å². The molecule has 0 fully saturated rings. The highest BCUT2D eigenvalue weighted by atomic mass is 35.5. The van der Waals surface area contributed by atoms with E-state index in [0.29, 0.717) is 66.0 Å². The van der Waals surface area contributed by atoms with Crippen molar-refractivity contribution in [2.45, 2.75) is 58.3 Å². The molecule has 0 saturated heterocycles. The Labute approximate surface area is 390 Å². The molecule has 0 radical (unpaired) electrons. The second-order valence-corrected chi connectivity index (χ2v) is 17.4. The van der Waals surface area contributed by atoms with Gasteiger partial charge in [0.1, 0.15) is 17.2 Å². The summed E-state index contributed by atoms with van der Waals surface area (Å²) in [5, 5.41) is 31.8. The number of carbonyl (C=O) groups excluding carboxylic acids is 3. The molecule has 3 N–H and O–H groups in total. The zero-order valence-corrected chi connectivity index (χ0v) is 37.6. The zero-order valence-electron chi connectivity index (χ0n) is 34.6. The second-order valence-electron chi connectivity index (χ2n) is 15.8. The molecule has 3 amide bonds. The van der Waals surface area contributed by atoms with E-state index >= 15 is 0 Å². The molecule has 9 rings (SSSR count). The molecule has 19 heteroatoms. The molecule has 0 aliphatic carbocycles. The van der Waals surface area contributed by atoms with E-state index in [0.717, 1.165) is 27.5 Å². The van der Waals surface area contributed by atoms with Crippen LogP contribution in [0.1, 0.15) is 89.3 Å². The number of nitrogens with zero attached hydrogens (tertiary/aromatic N) is 5. The van der Waals surface area contributed by atoms with E-state index in [1.165, 1.54) is 0 Å². The summed E-state index contributed by atoms with van der Waals surface area (Å²) in [6, 6.07) is 16.3. The zero-order chi connectivity index (χ0) is 46.3. The van der Waals surface area contributed by atoms with Crippen molar-refractivity contribution in [3.8, 4) is 0 Å². The molecule has 3 aromatic heterocycles. The molecule has 15 nitrogen and oxygen atoms in total. The number of carboxylic acid groups (broad SMARTS) is 2. The number of hydrogen-bond donors (Lipinski definition) is 3. The van der Waals surface area contributed by atoms with Gasteiger partial charge in [-0.05, 0) is 97.5 Å². The van der Waals surface area contributed by atoms with Crippen LogP contribution in [0, 0.1) is 0 Å². The summed E-state index contributed by atoms with van der Waals surface area (Å²) in [6.45, 7) is 5.25. The van der Waals surface area contributed by atoms with Crippen LogP contribution < -0.4 is 5.32 Å². The number of fused-ring (bicyclic) bond motifs is 4. The van der Waals surface area contributed by atoms with Crippen LogP contribution in [0.2, 0.25) is 20.1 Å². The van der Waals surface area contributed by atoms with Crippen molar-refractivity contribution in [3.05, 3.63) is 150 Å². The third-order valence-electron chi connectivity index (χ3n) is 11.3. The van der Waals surface area contributed by atoms with Gasteiger partial charge in [0.15, 0.2) is 0 Å². The molecule has 65 heavy (non-hydrogen) atoms. The molecular formula is C46H38Cl4N6O9. The van der Waals surface area contributed by atoms with Crippen LogP contribution in [0.15, 0.2) is 88.2 Å². The largest absolute Gasteiger partial charge is 0.480 e. The van der Waals surface area contributed by atoms with Gasteiger partial charge < -0.3 is 34.2 Å². The van der Waals surface area contributed by atoms with Gasteiger partial charge in [-0.3, -0.25) is 14.4 Å². The van der Waals surface area contributed by atoms with Crippen LogP contribution in [0.4, 0.5) is 0 Å². The number of nitrogens with one attached hydrogen (secondary N) is 1. The number of carboxylic acids is 2. The van der Waals surface area contributed by atoms with E-state index in [1.54, 1.807) is 69.6 Å². The number of aromatic nitrogens is 3. The van der Waals surface area contributed by atoms with Crippen LogP contribution in [-0.2, 0) is 37.1 Å². The number of amides is 3. The first-order valence-corrected chi connectivity index (χ1v) is 21.8. The molecule has 0 saturated carbocycles. The lowest BCUT2D eigenvalue weighted by Crippen LogP contribution is -2.43. The monoisotopic (exact) mass is 958 g/mol. The highest BCUT2D eigenvalue weighted by Crippen LogP contribution is 2.37. The Morgan fingerprint density at radius 2 is 1.23 bits per heavy atom. The fourth-order valence-corrected chi connectivity index (χ4v) is 9.41. The molecule has 0 bridgehead atoms. The number of furan rings is 2. The van der Waals surface area contributed by atoms with Crippen LogP contribution in [0.25, 0.3) is 21.9 Å². The first kappa shape index (κ1) is 45.2. The van der Waals surface area contributed by atoms with Gasteiger partial charge in [0.2, 0.25) is 0 Å². The Morgan fingerprint density at radius 3 is 1.71 bits per heavy atom. The smallest absolute Gasteiger partial charge is 0.338 e. The van der Waals surface area contributed by atoms with Crippen LogP contribution in [0.3, 0.4) is 0 Å². The molecule has 1 atom stereocenters. The lowest BCUT2D eigenvalue weighted by atomic mass is 9.95. The normalized spacial score (nSPS) is 13.8. The van der Waals surface area contributed by atoms with E-state index in [9.17, 15) is 34.2 Å². The van der Waals surface area contributed by atoms with E-state index in [2.05, 4.69) is 15.6 Å². The third-order valence-corrected chi connectivity index (χ3v) is 12.8. The molecule has 2 aliphatic heterocycles. The van der Waals surface area contributed by atoms with Gasteiger partial charge in [-0.2, -0.15) is 0 Å². The Balaban J connectivity index is 0.000000192. The van der Waals surface area contributed by atoms with Gasteiger partial charge in [-0.25, -0.2) is 14.3 Å². The minimum Gasteiger partial charge on any atom is -0.480 e. The summed E-state index contributed by atoms with van der Waals surface area (Å²) in [7, 11) is 0. The number of carbonyl (C=O) groups is 5. The van der Waals surface area contributed by atoms with E-state index in [1.807, 2.05) is 38.1 Å². The molecule has 2 aliphatic rings.